The molecule has 0 saturated heterocycles. The van der Waals surface area contributed by atoms with Crippen LogP contribution < -0.4 is 5.32 Å². The number of alkyl halides is 3. The molecule has 140 valence electrons. The fourth-order valence-electron chi connectivity index (χ4n) is 2.23. The Morgan fingerprint density at radius 3 is 2.52 bits per heavy atom. The predicted octanol–water partition coefficient (Wildman–Crippen LogP) is 3.63. The van der Waals surface area contributed by atoms with E-state index in [4.69, 9.17) is 0 Å². The van der Waals surface area contributed by atoms with Crippen LogP contribution in [0.25, 0.3) is 11.5 Å². The van der Waals surface area contributed by atoms with Gasteiger partial charge < -0.3 is 9.88 Å². The molecule has 3 rings (SSSR count). The molecule has 1 aromatic carbocycles. The van der Waals surface area contributed by atoms with Crippen LogP contribution in [0, 0.1) is 0 Å². The molecule has 0 saturated carbocycles. The molecule has 27 heavy (non-hydrogen) atoms. The lowest BCUT2D eigenvalue weighted by molar-refractivity contribution is -0.137. The van der Waals surface area contributed by atoms with E-state index in [0.29, 0.717) is 22.4 Å². The normalized spacial score (nSPS) is 11.4. The Balaban J connectivity index is 1.59. The van der Waals surface area contributed by atoms with E-state index in [1.165, 1.54) is 23.9 Å². The summed E-state index contributed by atoms with van der Waals surface area (Å²) in [7, 11) is 1.76. The fourth-order valence-corrected chi connectivity index (χ4v) is 2.94. The first-order chi connectivity index (χ1) is 12.8. The molecule has 0 bridgehead atoms. The quantitative estimate of drug-likeness (QED) is 0.671. The molecule has 0 atom stereocenters. The van der Waals surface area contributed by atoms with Crippen LogP contribution in [0.15, 0.2) is 53.8 Å². The summed E-state index contributed by atoms with van der Waals surface area (Å²) in [5.74, 6) is 0.248. The number of thioether (sulfide) groups is 1. The summed E-state index contributed by atoms with van der Waals surface area (Å²) in [5, 5.41) is 11.2. The summed E-state index contributed by atoms with van der Waals surface area (Å²) in [4.78, 5) is 16.2. The SMILES string of the molecule is Cn1c(SCC(=O)Nc2ccc(C(F)(F)F)cc2)nnc1-c1ccccn1. The summed E-state index contributed by atoms with van der Waals surface area (Å²) in [6.45, 7) is 0. The maximum absolute atomic E-state index is 12.5. The van der Waals surface area contributed by atoms with E-state index < -0.39 is 11.7 Å². The molecule has 1 amide bonds. The van der Waals surface area contributed by atoms with E-state index >= 15 is 0 Å². The number of halogens is 3. The summed E-state index contributed by atoms with van der Waals surface area (Å²) in [6.07, 6.45) is -2.76. The standard InChI is InChI=1S/C17H14F3N5OS/c1-25-15(13-4-2-3-9-21-13)23-24-16(25)27-10-14(26)22-12-7-5-11(6-8-12)17(18,19)20/h2-9H,10H2,1H3,(H,22,26). The molecule has 3 aromatic rings. The predicted molar refractivity (Wildman–Crippen MR) is 95.0 cm³/mol. The second-order valence-electron chi connectivity index (χ2n) is 5.49. The molecule has 0 spiro atoms. The van der Waals surface area contributed by atoms with Gasteiger partial charge in [0.15, 0.2) is 11.0 Å². The number of pyridine rings is 1. The van der Waals surface area contributed by atoms with Gasteiger partial charge in [0.25, 0.3) is 0 Å². The van der Waals surface area contributed by atoms with Gasteiger partial charge >= 0.3 is 6.18 Å². The Bertz CT molecular complexity index is 926. The number of hydrogen-bond acceptors (Lipinski definition) is 5. The highest BCUT2D eigenvalue weighted by molar-refractivity contribution is 7.99. The van der Waals surface area contributed by atoms with Gasteiger partial charge in [0.1, 0.15) is 5.69 Å². The van der Waals surface area contributed by atoms with Crippen molar-refractivity contribution in [2.24, 2.45) is 7.05 Å². The number of benzene rings is 1. The topological polar surface area (TPSA) is 72.7 Å². The molecule has 0 aliphatic carbocycles. The minimum atomic E-state index is -4.41. The molecule has 0 aliphatic heterocycles. The number of amides is 1. The van der Waals surface area contributed by atoms with Crippen LogP contribution in [-0.2, 0) is 18.0 Å². The van der Waals surface area contributed by atoms with E-state index in [2.05, 4.69) is 20.5 Å². The van der Waals surface area contributed by atoms with Gasteiger partial charge in [0.2, 0.25) is 5.91 Å². The Morgan fingerprint density at radius 1 is 1.15 bits per heavy atom. The van der Waals surface area contributed by atoms with Crippen molar-refractivity contribution in [3.63, 3.8) is 0 Å². The lowest BCUT2D eigenvalue weighted by Crippen LogP contribution is -2.14. The number of hydrogen-bond donors (Lipinski definition) is 1. The molecule has 0 unspecified atom stereocenters. The second kappa shape index (κ2) is 7.78. The van der Waals surface area contributed by atoms with E-state index in [0.717, 1.165) is 12.1 Å². The average molecular weight is 393 g/mol. The Morgan fingerprint density at radius 2 is 1.89 bits per heavy atom. The maximum atomic E-state index is 12.5. The van der Waals surface area contributed by atoms with Crippen LogP contribution in [0.3, 0.4) is 0 Å². The van der Waals surface area contributed by atoms with Gasteiger partial charge in [0, 0.05) is 18.9 Å². The molecule has 0 fully saturated rings. The second-order valence-corrected chi connectivity index (χ2v) is 6.43. The number of rotatable bonds is 5. The van der Waals surface area contributed by atoms with Crippen molar-refractivity contribution in [1.29, 1.82) is 0 Å². The van der Waals surface area contributed by atoms with Gasteiger partial charge in [-0.1, -0.05) is 17.8 Å². The number of anilines is 1. The zero-order valence-electron chi connectivity index (χ0n) is 14.1. The van der Waals surface area contributed by atoms with Crippen LogP contribution >= 0.6 is 11.8 Å². The third-order valence-corrected chi connectivity index (χ3v) is 4.58. The zero-order valence-corrected chi connectivity index (χ0v) is 14.9. The van der Waals surface area contributed by atoms with Gasteiger partial charge in [-0.05, 0) is 36.4 Å². The molecule has 2 aromatic heterocycles. The van der Waals surface area contributed by atoms with E-state index in [1.54, 1.807) is 29.9 Å². The summed E-state index contributed by atoms with van der Waals surface area (Å²) in [5.41, 5.74) is 0.185. The third-order valence-electron chi connectivity index (χ3n) is 3.56. The number of nitrogens with zero attached hydrogens (tertiary/aromatic N) is 4. The zero-order chi connectivity index (χ0) is 19.4. The molecule has 1 N–H and O–H groups in total. The van der Waals surface area contributed by atoms with Gasteiger partial charge in [-0.25, -0.2) is 0 Å². The molecule has 0 radical (unpaired) electrons. The van der Waals surface area contributed by atoms with Crippen molar-refractivity contribution in [1.82, 2.24) is 19.7 Å². The molecule has 6 nitrogen and oxygen atoms in total. The molecule has 0 aliphatic rings. The Labute approximate surface area is 156 Å². The van der Waals surface area contributed by atoms with E-state index in [9.17, 15) is 18.0 Å². The first kappa shape index (κ1) is 18.9. The summed E-state index contributed by atoms with van der Waals surface area (Å²) < 4.78 is 39.3. The van der Waals surface area contributed by atoms with Crippen molar-refractivity contribution in [3.8, 4) is 11.5 Å². The van der Waals surface area contributed by atoms with Crippen LogP contribution in [-0.4, -0.2) is 31.4 Å². The Hall–Kier alpha value is -2.88. The maximum Gasteiger partial charge on any atom is 0.416 e. The third kappa shape index (κ3) is 4.64. The highest BCUT2D eigenvalue weighted by Gasteiger charge is 2.30. The highest BCUT2D eigenvalue weighted by atomic mass is 32.2. The summed E-state index contributed by atoms with van der Waals surface area (Å²) in [6, 6.07) is 9.70. The first-order valence-electron chi connectivity index (χ1n) is 7.75. The van der Waals surface area contributed by atoms with Crippen LogP contribution in [0.1, 0.15) is 5.56 Å². The lowest BCUT2D eigenvalue weighted by Gasteiger charge is -2.08. The summed E-state index contributed by atoms with van der Waals surface area (Å²) >= 11 is 1.17. The van der Waals surface area contributed by atoms with Crippen LogP contribution in [0.4, 0.5) is 18.9 Å². The molecular weight excluding hydrogens is 379 g/mol. The smallest absolute Gasteiger partial charge is 0.325 e. The van der Waals surface area contributed by atoms with Gasteiger partial charge in [-0.15, -0.1) is 10.2 Å². The fraction of sp³-hybridized carbons (Fsp3) is 0.176. The van der Waals surface area contributed by atoms with E-state index in [-0.39, 0.29) is 11.7 Å². The van der Waals surface area contributed by atoms with Gasteiger partial charge in [0.05, 0.1) is 11.3 Å². The number of carbonyl (C=O) groups is 1. The monoisotopic (exact) mass is 393 g/mol. The van der Waals surface area contributed by atoms with Crippen molar-refractivity contribution < 1.29 is 18.0 Å². The number of carbonyl (C=O) groups excluding carboxylic acids is 1. The molecule has 2 heterocycles. The van der Waals surface area contributed by atoms with Crippen molar-refractivity contribution in [3.05, 3.63) is 54.2 Å². The first-order valence-corrected chi connectivity index (χ1v) is 8.74. The van der Waals surface area contributed by atoms with Crippen LogP contribution in [0.5, 0.6) is 0 Å². The Kier molecular flexibility index (Phi) is 5.45. The van der Waals surface area contributed by atoms with Gasteiger partial charge in [-0.3, -0.25) is 9.78 Å². The molecular formula is C17H14F3N5OS. The minimum absolute atomic E-state index is 0.0369. The minimum Gasteiger partial charge on any atom is -0.325 e. The molecule has 10 heteroatoms. The van der Waals surface area contributed by atoms with E-state index in [1.807, 2.05) is 6.07 Å². The van der Waals surface area contributed by atoms with Gasteiger partial charge in [-0.2, -0.15) is 13.2 Å². The highest BCUT2D eigenvalue weighted by Crippen LogP contribution is 2.30. The van der Waals surface area contributed by atoms with Crippen molar-refractivity contribution in [2.75, 3.05) is 11.1 Å². The van der Waals surface area contributed by atoms with Crippen LogP contribution in [0.2, 0.25) is 0 Å². The average Bonchev–Trinajstić information content (AvgIpc) is 3.01. The number of aromatic nitrogens is 4. The largest absolute Gasteiger partial charge is 0.416 e. The van der Waals surface area contributed by atoms with Crippen molar-refractivity contribution >= 4 is 23.4 Å². The number of nitrogens with one attached hydrogen (secondary N) is 1. The van der Waals surface area contributed by atoms with Crippen molar-refractivity contribution in [2.45, 2.75) is 11.3 Å². The lowest BCUT2D eigenvalue weighted by atomic mass is 10.2.